The van der Waals surface area contributed by atoms with E-state index in [1.807, 2.05) is 11.8 Å². The topological polar surface area (TPSA) is 46.3 Å². The van der Waals surface area contributed by atoms with Crippen LogP contribution in [0.5, 0.6) is 0 Å². The molecule has 1 unspecified atom stereocenters. The molecule has 0 N–H and O–H groups in total. The van der Waals surface area contributed by atoms with Gasteiger partial charge in [0.25, 0.3) is 5.91 Å². The number of thiophene rings is 1. The molecule has 0 radical (unpaired) electrons. The smallest absolute Gasteiger partial charge is 0.259 e. The molecule has 0 saturated heterocycles. The van der Waals surface area contributed by atoms with Gasteiger partial charge in [-0.3, -0.25) is 4.79 Å². The van der Waals surface area contributed by atoms with Crippen molar-refractivity contribution in [2.45, 2.75) is 33.2 Å². The lowest BCUT2D eigenvalue weighted by molar-refractivity contribution is 0.0677. The molecule has 1 atom stereocenters. The lowest BCUT2D eigenvalue weighted by Crippen LogP contribution is -2.38. The average molecular weight is 276 g/mol. The number of aromatic nitrogens is 1. The Balaban J connectivity index is 1.94. The normalized spacial score (nSPS) is 18.5. The van der Waals surface area contributed by atoms with E-state index in [0.717, 1.165) is 13.0 Å². The molecule has 3 rings (SSSR count). The molecule has 19 heavy (non-hydrogen) atoms. The van der Waals surface area contributed by atoms with Crippen LogP contribution in [0.1, 0.15) is 45.2 Å². The second-order valence-electron chi connectivity index (χ2n) is 4.92. The summed E-state index contributed by atoms with van der Waals surface area (Å²) in [5.41, 5.74) is 2.56. The molecule has 0 aliphatic carbocycles. The first kappa shape index (κ1) is 12.4. The van der Waals surface area contributed by atoms with E-state index in [1.165, 1.54) is 10.4 Å². The number of carbonyl (C=O) groups excluding carboxylic acids is 1. The van der Waals surface area contributed by atoms with Crippen molar-refractivity contribution in [1.29, 1.82) is 0 Å². The molecule has 0 bridgehead atoms. The molecule has 0 aromatic carbocycles. The van der Waals surface area contributed by atoms with Gasteiger partial charge in [0.05, 0.1) is 11.7 Å². The monoisotopic (exact) mass is 276 g/mol. The molecule has 100 valence electrons. The summed E-state index contributed by atoms with van der Waals surface area (Å²) in [7, 11) is 0. The van der Waals surface area contributed by atoms with Gasteiger partial charge in [0.15, 0.2) is 0 Å². The lowest BCUT2D eigenvalue weighted by atomic mass is 10.00. The summed E-state index contributed by atoms with van der Waals surface area (Å²) in [6.07, 6.45) is 0.937. The zero-order chi connectivity index (χ0) is 13.6. The second kappa shape index (κ2) is 4.49. The Morgan fingerprint density at radius 3 is 3.00 bits per heavy atom. The summed E-state index contributed by atoms with van der Waals surface area (Å²) in [5.74, 6) is 0.631. The summed E-state index contributed by atoms with van der Waals surface area (Å²) >= 11 is 1.78. The van der Waals surface area contributed by atoms with Crippen LogP contribution in [-0.2, 0) is 6.42 Å². The van der Waals surface area contributed by atoms with Crippen molar-refractivity contribution in [3.8, 4) is 0 Å². The minimum Gasteiger partial charge on any atom is -0.361 e. The molecule has 2 aromatic heterocycles. The van der Waals surface area contributed by atoms with Crippen molar-refractivity contribution >= 4 is 17.2 Å². The summed E-state index contributed by atoms with van der Waals surface area (Å²) in [6.45, 7) is 6.45. The van der Waals surface area contributed by atoms with Crippen LogP contribution in [0.3, 0.4) is 0 Å². The summed E-state index contributed by atoms with van der Waals surface area (Å²) < 4.78 is 5.10. The van der Waals surface area contributed by atoms with Crippen LogP contribution in [0, 0.1) is 13.8 Å². The van der Waals surface area contributed by atoms with Gasteiger partial charge in [-0.25, -0.2) is 0 Å². The van der Waals surface area contributed by atoms with E-state index >= 15 is 0 Å². The van der Waals surface area contributed by atoms with Crippen LogP contribution in [0.4, 0.5) is 0 Å². The van der Waals surface area contributed by atoms with Crippen molar-refractivity contribution in [1.82, 2.24) is 10.1 Å². The summed E-state index contributed by atoms with van der Waals surface area (Å²) in [5, 5.41) is 5.97. The van der Waals surface area contributed by atoms with Gasteiger partial charge in [0.2, 0.25) is 0 Å². The molecule has 3 heterocycles. The first-order valence-corrected chi connectivity index (χ1v) is 7.27. The SMILES string of the molecule is Cc1noc(C)c1C(=O)N1CCc2sccc2C1C. The van der Waals surface area contributed by atoms with Crippen molar-refractivity contribution in [2.75, 3.05) is 6.54 Å². The standard InChI is InChI=1S/C14H16N2O2S/c1-8-13(10(3)18-15-8)14(17)16-6-4-12-11(9(16)2)5-7-19-12/h5,7,9H,4,6H2,1-3H3. The highest BCUT2D eigenvalue weighted by Crippen LogP contribution is 2.34. The van der Waals surface area contributed by atoms with Crippen molar-refractivity contribution in [3.63, 3.8) is 0 Å². The number of carbonyl (C=O) groups is 1. The predicted octanol–water partition coefficient (Wildman–Crippen LogP) is 3.11. The maximum atomic E-state index is 12.7. The third-order valence-electron chi connectivity index (χ3n) is 3.79. The highest BCUT2D eigenvalue weighted by Gasteiger charge is 2.31. The molecule has 0 spiro atoms. The number of hydrogen-bond acceptors (Lipinski definition) is 4. The molecular formula is C14H16N2O2S. The van der Waals surface area contributed by atoms with Crippen molar-refractivity contribution < 1.29 is 9.32 Å². The van der Waals surface area contributed by atoms with E-state index in [2.05, 4.69) is 23.5 Å². The van der Waals surface area contributed by atoms with Gasteiger partial charge in [0, 0.05) is 11.4 Å². The van der Waals surface area contributed by atoms with Gasteiger partial charge in [-0.05, 0) is 44.2 Å². The number of hydrogen-bond donors (Lipinski definition) is 0. The van der Waals surface area contributed by atoms with E-state index in [9.17, 15) is 4.79 Å². The van der Waals surface area contributed by atoms with E-state index in [0.29, 0.717) is 17.0 Å². The largest absolute Gasteiger partial charge is 0.361 e. The van der Waals surface area contributed by atoms with Crippen LogP contribution in [0.15, 0.2) is 16.0 Å². The third-order valence-corrected chi connectivity index (χ3v) is 4.78. The van der Waals surface area contributed by atoms with Crippen LogP contribution < -0.4 is 0 Å². The predicted molar refractivity (Wildman–Crippen MR) is 73.5 cm³/mol. The third kappa shape index (κ3) is 1.89. The maximum absolute atomic E-state index is 12.7. The van der Waals surface area contributed by atoms with Crippen molar-refractivity contribution in [3.05, 3.63) is 38.9 Å². The highest BCUT2D eigenvalue weighted by atomic mass is 32.1. The Bertz CT molecular complexity index is 610. The van der Waals surface area contributed by atoms with Gasteiger partial charge < -0.3 is 9.42 Å². The minimum atomic E-state index is 0.0283. The van der Waals surface area contributed by atoms with E-state index in [1.54, 1.807) is 18.3 Å². The first-order valence-electron chi connectivity index (χ1n) is 6.39. The number of rotatable bonds is 1. The molecule has 1 aliphatic rings. The number of amides is 1. The van der Waals surface area contributed by atoms with Crippen LogP contribution >= 0.6 is 11.3 Å². The fourth-order valence-corrected chi connectivity index (χ4v) is 3.68. The van der Waals surface area contributed by atoms with E-state index < -0.39 is 0 Å². The zero-order valence-electron chi connectivity index (χ0n) is 11.3. The Morgan fingerprint density at radius 1 is 1.53 bits per heavy atom. The highest BCUT2D eigenvalue weighted by molar-refractivity contribution is 7.10. The Labute approximate surface area is 116 Å². The molecule has 5 heteroatoms. The lowest BCUT2D eigenvalue weighted by Gasteiger charge is -2.33. The van der Waals surface area contributed by atoms with Gasteiger partial charge in [-0.1, -0.05) is 5.16 Å². The van der Waals surface area contributed by atoms with E-state index in [-0.39, 0.29) is 11.9 Å². The van der Waals surface area contributed by atoms with Crippen LogP contribution in [0.25, 0.3) is 0 Å². The summed E-state index contributed by atoms with van der Waals surface area (Å²) in [4.78, 5) is 16.0. The van der Waals surface area contributed by atoms with Crippen LogP contribution in [-0.4, -0.2) is 22.5 Å². The zero-order valence-corrected chi connectivity index (χ0v) is 12.1. The molecule has 0 saturated carbocycles. The number of nitrogens with zero attached hydrogens (tertiary/aromatic N) is 2. The van der Waals surface area contributed by atoms with Gasteiger partial charge in [-0.2, -0.15) is 0 Å². The average Bonchev–Trinajstić information content (AvgIpc) is 2.97. The fraction of sp³-hybridized carbons (Fsp3) is 0.429. The van der Waals surface area contributed by atoms with Gasteiger partial charge >= 0.3 is 0 Å². The summed E-state index contributed by atoms with van der Waals surface area (Å²) in [6, 6.07) is 2.24. The molecular weight excluding hydrogens is 260 g/mol. The molecule has 1 amide bonds. The number of aryl methyl sites for hydroxylation is 2. The molecule has 0 fully saturated rings. The molecule has 4 nitrogen and oxygen atoms in total. The minimum absolute atomic E-state index is 0.0283. The quantitative estimate of drug-likeness (QED) is 0.804. The maximum Gasteiger partial charge on any atom is 0.259 e. The fourth-order valence-electron chi connectivity index (χ4n) is 2.72. The van der Waals surface area contributed by atoms with Crippen molar-refractivity contribution in [2.24, 2.45) is 0 Å². The molecule has 1 aliphatic heterocycles. The Morgan fingerprint density at radius 2 is 2.32 bits per heavy atom. The van der Waals surface area contributed by atoms with Gasteiger partial charge in [-0.15, -0.1) is 11.3 Å². The molecule has 2 aromatic rings. The Kier molecular flexibility index (Phi) is 2.93. The first-order chi connectivity index (χ1) is 9.09. The van der Waals surface area contributed by atoms with Gasteiger partial charge in [0.1, 0.15) is 11.3 Å². The van der Waals surface area contributed by atoms with Crippen LogP contribution in [0.2, 0.25) is 0 Å². The number of fused-ring (bicyclic) bond motifs is 1. The van der Waals surface area contributed by atoms with E-state index in [4.69, 9.17) is 4.52 Å². The Hall–Kier alpha value is -1.62. The second-order valence-corrected chi connectivity index (χ2v) is 5.92.